The molecule has 0 unspecified atom stereocenters. The number of methoxy groups -OCH3 is 1. The van der Waals surface area contributed by atoms with Gasteiger partial charge in [-0.05, 0) is 30.0 Å². The molecule has 0 heterocycles. The van der Waals surface area contributed by atoms with E-state index in [0.29, 0.717) is 0 Å². The van der Waals surface area contributed by atoms with Gasteiger partial charge in [-0.2, -0.15) is 0 Å². The van der Waals surface area contributed by atoms with Crippen LogP contribution in [0.4, 0.5) is 0 Å². The van der Waals surface area contributed by atoms with Crippen molar-refractivity contribution in [1.29, 1.82) is 0 Å². The maximum atomic E-state index is 8.81. The second-order valence-electron chi connectivity index (χ2n) is 4.22. The molecule has 0 atom stereocenters. The fourth-order valence-electron chi connectivity index (χ4n) is 2.02. The molecule has 0 saturated carbocycles. The van der Waals surface area contributed by atoms with Gasteiger partial charge >= 0.3 is 0 Å². The van der Waals surface area contributed by atoms with Gasteiger partial charge in [0.25, 0.3) is 0 Å². The van der Waals surface area contributed by atoms with Crippen LogP contribution in [0.1, 0.15) is 12.0 Å². The Hall–Kier alpha value is -1.80. The molecule has 0 fully saturated rings. The Bertz CT molecular complexity index is 489. The Labute approximate surface area is 108 Å². The van der Waals surface area contributed by atoms with E-state index in [1.807, 2.05) is 18.2 Å². The summed E-state index contributed by atoms with van der Waals surface area (Å²) in [6.07, 6.45) is 1.73. The highest BCUT2D eigenvalue weighted by Crippen LogP contribution is 2.29. The van der Waals surface area contributed by atoms with Crippen molar-refractivity contribution in [2.45, 2.75) is 12.8 Å². The molecule has 0 spiro atoms. The first-order chi connectivity index (χ1) is 8.85. The fraction of sp³-hybridized carbons (Fsp3) is 0.250. The van der Waals surface area contributed by atoms with Gasteiger partial charge in [-0.3, -0.25) is 0 Å². The minimum atomic E-state index is 0.244. The summed E-state index contributed by atoms with van der Waals surface area (Å²) in [5.41, 5.74) is 3.51. The number of benzene rings is 2. The van der Waals surface area contributed by atoms with Gasteiger partial charge in [0.15, 0.2) is 0 Å². The molecular weight excluding hydrogens is 224 g/mol. The molecule has 2 nitrogen and oxygen atoms in total. The van der Waals surface area contributed by atoms with Crippen molar-refractivity contribution in [3.8, 4) is 16.9 Å². The number of hydrogen-bond acceptors (Lipinski definition) is 2. The van der Waals surface area contributed by atoms with Crippen LogP contribution >= 0.6 is 0 Å². The molecule has 2 aromatic carbocycles. The summed E-state index contributed by atoms with van der Waals surface area (Å²) in [7, 11) is 1.69. The predicted octanol–water partition coefficient (Wildman–Crippen LogP) is 3.29. The van der Waals surface area contributed by atoms with Crippen LogP contribution in [0.2, 0.25) is 0 Å². The van der Waals surface area contributed by atoms with E-state index in [4.69, 9.17) is 9.84 Å². The Balaban J connectivity index is 2.23. The zero-order chi connectivity index (χ0) is 12.8. The van der Waals surface area contributed by atoms with Crippen LogP contribution in [0.5, 0.6) is 5.75 Å². The Morgan fingerprint density at radius 3 is 2.39 bits per heavy atom. The van der Waals surface area contributed by atoms with Gasteiger partial charge in [-0.15, -0.1) is 0 Å². The van der Waals surface area contributed by atoms with Gasteiger partial charge < -0.3 is 9.84 Å². The van der Waals surface area contributed by atoms with E-state index in [1.165, 1.54) is 5.56 Å². The Morgan fingerprint density at radius 2 is 1.72 bits per heavy atom. The zero-order valence-corrected chi connectivity index (χ0v) is 10.6. The van der Waals surface area contributed by atoms with Gasteiger partial charge in [0, 0.05) is 12.2 Å². The van der Waals surface area contributed by atoms with Crippen LogP contribution in [0.15, 0.2) is 48.5 Å². The summed E-state index contributed by atoms with van der Waals surface area (Å²) in [6, 6.07) is 16.4. The maximum Gasteiger partial charge on any atom is 0.126 e. The highest BCUT2D eigenvalue weighted by atomic mass is 16.5. The number of aliphatic hydroxyl groups excluding tert-OH is 1. The van der Waals surface area contributed by atoms with Crippen LogP contribution in [0.25, 0.3) is 11.1 Å². The molecule has 2 heteroatoms. The lowest BCUT2D eigenvalue weighted by Gasteiger charge is -2.09. The van der Waals surface area contributed by atoms with Crippen molar-refractivity contribution >= 4 is 0 Å². The number of aryl methyl sites for hydroxylation is 1. The first kappa shape index (κ1) is 12.7. The molecule has 0 aliphatic heterocycles. The normalized spacial score (nSPS) is 10.3. The van der Waals surface area contributed by atoms with Crippen molar-refractivity contribution in [1.82, 2.24) is 0 Å². The quantitative estimate of drug-likeness (QED) is 0.871. The van der Waals surface area contributed by atoms with Crippen molar-refractivity contribution in [2.24, 2.45) is 0 Å². The standard InChI is InChI=1S/C16H18O2/c1-18-16-7-3-2-6-15(16)14-10-8-13(9-11-14)5-4-12-17/h2-3,6-11,17H,4-5,12H2,1H3. The number of rotatable bonds is 5. The highest BCUT2D eigenvalue weighted by molar-refractivity contribution is 5.70. The summed E-state index contributed by atoms with van der Waals surface area (Å²) in [6.45, 7) is 0.244. The molecule has 1 N–H and O–H groups in total. The molecule has 0 aliphatic rings. The number of ether oxygens (including phenoxy) is 1. The Kier molecular flexibility index (Phi) is 4.37. The van der Waals surface area contributed by atoms with E-state index < -0.39 is 0 Å². The molecule has 0 saturated heterocycles. The molecule has 0 bridgehead atoms. The van der Waals surface area contributed by atoms with E-state index in [0.717, 1.165) is 29.7 Å². The smallest absolute Gasteiger partial charge is 0.126 e. The van der Waals surface area contributed by atoms with E-state index >= 15 is 0 Å². The second-order valence-corrected chi connectivity index (χ2v) is 4.22. The summed E-state index contributed by atoms with van der Waals surface area (Å²) >= 11 is 0. The highest BCUT2D eigenvalue weighted by Gasteiger charge is 2.04. The molecule has 94 valence electrons. The summed E-state index contributed by atoms with van der Waals surface area (Å²) in [5.74, 6) is 0.889. The van der Waals surface area contributed by atoms with E-state index in [1.54, 1.807) is 7.11 Å². The number of para-hydroxylation sites is 1. The molecule has 2 rings (SSSR count). The predicted molar refractivity (Wildman–Crippen MR) is 73.8 cm³/mol. The minimum absolute atomic E-state index is 0.244. The SMILES string of the molecule is COc1ccccc1-c1ccc(CCCO)cc1. The average molecular weight is 242 g/mol. The lowest BCUT2D eigenvalue weighted by molar-refractivity contribution is 0.288. The summed E-state index contributed by atoms with van der Waals surface area (Å²) in [5, 5.41) is 8.81. The minimum Gasteiger partial charge on any atom is -0.496 e. The van der Waals surface area contributed by atoms with Crippen LogP contribution in [0, 0.1) is 0 Å². The second kappa shape index (κ2) is 6.22. The van der Waals surface area contributed by atoms with Gasteiger partial charge in [0.1, 0.15) is 5.75 Å². The third kappa shape index (κ3) is 2.90. The van der Waals surface area contributed by atoms with E-state index in [9.17, 15) is 0 Å². The molecule has 0 aliphatic carbocycles. The lowest BCUT2D eigenvalue weighted by Crippen LogP contribution is -1.90. The monoisotopic (exact) mass is 242 g/mol. The molecule has 0 radical (unpaired) electrons. The van der Waals surface area contributed by atoms with Crippen LogP contribution < -0.4 is 4.74 Å². The van der Waals surface area contributed by atoms with Crippen LogP contribution in [-0.2, 0) is 6.42 Å². The van der Waals surface area contributed by atoms with Crippen LogP contribution in [-0.4, -0.2) is 18.8 Å². The van der Waals surface area contributed by atoms with Gasteiger partial charge in [-0.1, -0.05) is 42.5 Å². The topological polar surface area (TPSA) is 29.5 Å². The van der Waals surface area contributed by atoms with Crippen molar-refractivity contribution in [2.75, 3.05) is 13.7 Å². The largest absolute Gasteiger partial charge is 0.496 e. The van der Waals surface area contributed by atoms with Crippen molar-refractivity contribution in [3.05, 3.63) is 54.1 Å². The average Bonchev–Trinajstić information content (AvgIpc) is 2.45. The first-order valence-electron chi connectivity index (χ1n) is 6.18. The number of hydrogen-bond donors (Lipinski definition) is 1. The summed E-state index contributed by atoms with van der Waals surface area (Å²) in [4.78, 5) is 0. The van der Waals surface area contributed by atoms with E-state index in [-0.39, 0.29) is 6.61 Å². The fourth-order valence-corrected chi connectivity index (χ4v) is 2.02. The molecule has 0 aromatic heterocycles. The Morgan fingerprint density at radius 1 is 1.00 bits per heavy atom. The van der Waals surface area contributed by atoms with Gasteiger partial charge in [-0.25, -0.2) is 0 Å². The third-order valence-corrected chi connectivity index (χ3v) is 3.00. The van der Waals surface area contributed by atoms with Crippen molar-refractivity contribution < 1.29 is 9.84 Å². The molecular formula is C16H18O2. The first-order valence-corrected chi connectivity index (χ1v) is 6.18. The molecule has 2 aromatic rings. The van der Waals surface area contributed by atoms with Crippen molar-refractivity contribution in [3.63, 3.8) is 0 Å². The maximum absolute atomic E-state index is 8.81. The van der Waals surface area contributed by atoms with Gasteiger partial charge in [0.05, 0.1) is 7.11 Å². The summed E-state index contributed by atoms with van der Waals surface area (Å²) < 4.78 is 5.36. The molecule has 0 amide bonds. The lowest BCUT2D eigenvalue weighted by atomic mass is 10.0. The van der Waals surface area contributed by atoms with Gasteiger partial charge in [0.2, 0.25) is 0 Å². The molecule has 18 heavy (non-hydrogen) atoms. The van der Waals surface area contributed by atoms with Crippen LogP contribution in [0.3, 0.4) is 0 Å². The number of aliphatic hydroxyl groups is 1. The van der Waals surface area contributed by atoms with E-state index in [2.05, 4.69) is 30.3 Å². The third-order valence-electron chi connectivity index (χ3n) is 3.00. The zero-order valence-electron chi connectivity index (χ0n) is 10.6.